The molecular formula is C12H20N4O. The fourth-order valence-electron chi connectivity index (χ4n) is 2.29. The van der Waals surface area contributed by atoms with Gasteiger partial charge in [0, 0.05) is 18.5 Å². The van der Waals surface area contributed by atoms with Crippen molar-refractivity contribution in [2.24, 2.45) is 0 Å². The zero-order chi connectivity index (χ0) is 12.3. The quantitative estimate of drug-likeness (QED) is 0.832. The number of rotatable bonds is 5. The Kier molecular flexibility index (Phi) is 3.89. The summed E-state index contributed by atoms with van der Waals surface area (Å²) in [5.74, 6) is 1.03. The molecule has 1 saturated heterocycles. The maximum absolute atomic E-state index is 11.9. The van der Waals surface area contributed by atoms with Crippen molar-refractivity contribution in [3.05, 3.63) is 12.2 Å². The van der Waals surface area contributed by atoms with Crippen LogP contribution in [0.25, 0.3) is 0 Å². The molecule has 5 nitrogen and oxygen atoms in total. The molecule has 0 radical (unpaired) electrons. The predicted molar refractivity (Wildman–Crippen MR) is 64.8 cm³/mol. The van der Waals surface area contributed by atoms with Crippen LogP contribution in [-0.4, -0.2) is 33.1 Å². The Hall–Kier alpha value is -1.23. The van der Waals surface area contributed by atoms with Gasteiger partial charge >= 0.3 is 0 Å². The highest BCUT2D eigenvalue weighted by Gasteiger charge is 2.19. The second-order valence-electron chi connectivity index (χ2n) is 4.93. The second kappa shape index (κ2) is 5.40. The van der Waals surface area contributed by atoms with E-state index in [0.29, 0.717) is 18.9 Å². The first-order valence-electron chi connectivity index (χ1n) is 6.30. The van der Waals surface area contributed by atoms with Crippen molar-refractivity contribution in [2.45, 2.75) is 51.6 Å². The van der Waals surface area contributed by atoms with Crippen LogP contribution in [0.4, 0.5) is 0 Å². The summed E-state index contributed by atoms with van der Waals surface area (Å²) in [4.78, 5) is 16.1. The topological polar surface area (TPSA) is 59.8 Å². The lowest BCUT2D eigenvalue weighted by molar-refractivity contribution is -0.119. The minimum Gasteiger partial charge on any atom is -0.314 e. The Morgan fingerprint density at radius 2 is 2.47 bits per heavy atom. The van der Waals surface area contributed by atoms with Crippen molar-refractivity contribution >= 4 is 5.78 Å². The normalized spacial score (nSPS) is 20.1. The van der Waals surface area contributed by atoms with Crippen molar-refractivity contribution in [1.82, 2.24) is 20.1 Å². The van der Waals surface area contributed by atoms with E-state index in [1.54, 1.807) is 0 Å². The number of aromatic nitrogens is 3. The fraction of sp³-hybridized carbons (Fsp3) is 0.750. The first-order chi connectivity index (χ1) is 8.16. The highest BCUT2D eigenvalue weighted by atomic mass is 16.1. The van der Waals surface area contributed by atoms with Gasteiger partial charge in [-0.25, -0.2) is 9.67 Å². The minimum absolute atomic E-state index is 0.249. The summed E-state index contributed by atoms with van der Waals surface area (Å²) in [5, 5.41) is 7.48. The van der Waals surface area contributed by atoms with Crippen molar-refractivity contribution in [1.29, 1.82) is 0 Å². The van der Waals surface area contributed by atoms with Gasteiger partial charge in [-0.2, -0.15) is 5.10 Å². The third-order valence-electron chi connectivity index (χ3n) is 3.13. The first kappa shape index (κ1) is 12.2. The fourth-order valence-corrected chi connectivity index (χ4v) is 2.29. The smallest absolute Gasteiger partial charge is 0.142 e. The van der Waals surface area contributed by atoms with Crippen LogP contribution < -0.4 is 5.32 Å². The van der Waals surface area contributed by atoms with Crippen LogP contribution in [-0.2, 0) is 11.2 Å². The van der Waals surface area contributed by atoms with Crippen LogP contribution in [0, 0.1) is 0 Å². The van der Waals surface area contributed by atoms with Crippen molar-refractivity contribution in [2.75, 3.05) is 6.54 Å². The van der Waals surface area contributed by atoms with Gasteiger partial charge in [0.05, 0.1) is 6.42 Å². The van der Waals surface area contributed by atoms with Crippen molar-refractivity contribution in [3.63, 3.8) is 0 Å². The molecule has 1 aromatic rings. The Labute approximate surface area is 102 Å². The standard InChI is InChI=1S/C12H20N4O/c1-9(2)16-12(14-8-15-16)7-11(17)6-10-4-3-5-13-10/h8-10,13H,3-7H2,1-2H3. The zero-order valence-electron chi connectivity index (χ0n) is 10.5. The predicted octanol–water partition coefficient (Wildman–Crippen LogP) is 1.11. The number of hydrogen-bond acceptors (Lipinski definition) is 4. The van der Waals surface area contributed by atoms with Gasteiger partial charge in [0.25, 0.3) is 0 Å². The van der Waals surface area contributed by atoms with E-state index in [0.717, 1.165) is 18.8 Å². The number of ketones is 1. The van der Waals surface area contributed by atoms with E-state index < -0.39 is 0 Å². The maximum Gasteiger partial charge on any atom is 0.142 e. The van der Waals surface area contributed by atoms with E-state index in [4.69, 9.17) is 0 Å². The number of nitrogens with one attached hydrogen (secondary N) is 1. The Balaban J connectivity index is 1.90. The lowest BCUT2D eigenvalue weighted by Gasteiger charge is -2.11. The molecule has 17 heavy (non-hydrogen) atoms. The van der Waals surface area contributed by atoms with Gasteiger partial charge in [-0.3, -0.25) is 4.79 Å². The van der Waals surface area contributed by atoms with Crippen LogP contribution in [0.2, 0.25) is 0 Å². The molecule has 1 unspecified atom stereocenters. The van der Waals surface area contributed by atoms with Crippen molar-refractivity contribution < 1.29 is 4.79 Å². The van der Waals surface area contributed by atoms with E-state index >= 15 is 0 Å². The average Bonchev–Trinajstić information content (AvgIpc) is 2.88. The Morgan fingerprint density at radius 3 is 3.12 bits per heavy atom. The van der Waals surface area contributed by atoms with Gasteiger partial charge in [0.2, 0.25) is 0 Å². The summed E-state index contributed by atoms with van der Waals surface area (Å²) in [7, 11) is 0. The molecule has 1 N–H and O–H groups in total. The molecule has 1 fully saturated rings. The summed E-state index contributed by atoms with van der Waals surface area (Å²) in [6, 6.07) is 0.628. The molecule has 0 spiro atoms. The highest BCUT2D eigenvalue weighted by molar-refractivity contribution is 5.80. The van der Waals surface area contributed by atoms with Gasteiger partial charge in [0.15, 0.2) is 0 Å². The monoisotopic (exact) mass is 236 g/mol. The first-order valence-corrected chi connectivity index (χ1v) is 6.30. The Morgan fingerprint density at radius 1 is 1.65 bits per heavy atom. The third-order valence-corrected chi connectivity index (χ3v) is 3.13. The molecule has 94 valence electrons. The molecule has 5 heteroatoms. The van der Waals surface area contributed by atoms with Gasteiger partial charge in [-0.05, 0) is 33.2 Å². The summed E-state index contributed by atoms with van der Waals surface area (Å²) in [5.41, 5.74) is 0. The van der Waals surface area contributed by atoms with E-state index in [1.807, 2.05) is 18.5 Å². The summed E-state index contributed by atoms with van der Waals surface area (Å²) in [6.07, 6.45) is 4.83. The van der Waals surface area contributed by atoms with Crippen LogP contribution in [0.15, 0.2) is 6.33 Å². The largest absolute Gasteiger partial charge is 0.314 e. The molecule has 0 saturated carbocycles. The number of carbonyl (C=O) groups is 1. The van der Waals surface area contributed by atoms with Gasteiger partial charge in [0.1, 0.15) is 17.9 Å². The molecule has 1 aromatic heterocycles. The molecule has 0 bridgehead atoms. The lowest BCUT2D eigenvalue weighted by Crippen LogP contribution is -2.26. The van der Waals surface area contributed by atoms with Crippen molar-refractivity contribution in [3.8, 4) is 0 Å². The maximum atomic E-state index is 11.9. The van der Waals surface area contributed by atoms with Gasteiger partial charge in [-0.15, -0.1) is 0 Å². The third kappa shape index (κ3) is 3.12. The van der Waals surface area contributed by atoms with E-state index in [1.165, 1.54) is 12.7 Å². The minimum atomic E-state index is 0.249. The summed E-state index contributed by atoms with van der Waals surface area (Å²) < 4.78 is 1.82. The average molecular weight is 236 g/mol. The molecule has 0 aliphatic carbocycles. The molecule has 1 atom stereocenters. The SMILES string of the molecule is CC(C)n1ncnc1CC(=O)CC1CCCN1. The van der Waals surface area contributed by atoms with Crippen LogP contribution >= 0.6 is 0 Å². The lowest BCUT2D eigenvalue weighted by atomic mass is 10.1. The molecular weight excluding hydrogens is 216 g/mol. The molecule has 2 heterocycles. The van der Waals surface area contributed by atoms with Crippen LogP contribution in [0.5, 0.6) is 0 Å². The summed E-state index contributed by atoms with van der Waals surface area (Å²) >= 11 is 0. The number of carbonyl (C=O) groups excluding carboxylic acids is 1. The van der Waals surface area contributed by atoms with Crippen LogP contribution in [0.3, 0.4) is 0 Å². The van der Waals surface area contributed by atoms with E-state index in [2.05, 4.69) is 15.4 Å². The zero-order valence-corrected chi connectivity index (χ0v) is 10.5. The number of Topliss-reactive ketones (excluding diaryl/α,β-unsaturated/α-hetero) is 1. The molecule has 0 amide bonds. The number of nitrogens with zero attached hydrogens (tertiary/aromatic N) is 3. The van der Waals surface area contributed by atoms with E-state index in [-0.39, 0.29) is 11.8 Å². The second-order valence-corrected chi connectivity index (χ2v) is 4.93. The highest BCUT2D eigenvalue weighted by Crippen LogP contribution is 2.12. The molecule has 0 aromatic carbocycles. The molecule has 1 aliphatic heterocycles. The van der Waals surface area contributed by atoms with Gasteiger partial charge < -0.3 is 5.32 Å². The molecule has 2 rings (SSSR count). The van der Waals surface area contributed by atoms with Crippen LogP contribution in [0.1, 0.15) is 45.0 Å². The Bertz CT molecular complexity index is 380. The molecule has 1 aliphatic rings. The summed E-state index contributed by atoms with van der Waals surface area (Å²) in [6.45, 7) is 5.13. The number of hydrogen-bond donors (Lipinski definition) is 1. The van der Waals surface area contributed by atoms with Gasteiger partial charge in [-0.1, -0.05) is 0 Å². The van der Waals surface area contributed by atoms with E-state index in [9.17, 15) is 4.79 Å².